The van der Waals surface area contributed by atoms with Crippen molar-refractivity contribution in [1.29, 1.82) is 0 Å². The Hall–Kier alpha value is 0.880. The van der Waals surface area contributed by atoms with Gasteiger partial charge in [-0.05, 0) is 31.1 Å². The maximum absolute atomic E-state index is 6.08. The van der Waals surface area contributed by atoms with Gasteiger partial charge in [0.25, 0.3) is 0 Å². The summed E-state index contributed by atoms with van der Waals surface area (Å²) in [7, 11) is 0. The summed E-state index contributed by atoms with van der Waals surface area (Å²) in [5.74, 6) is 2.59. The smallest absolute Gasteiger partial charge is 0.176 e. The van der Waals surface area contributed by atoms with E-state index in [2.05, 4.69) is 31.9 Å². The third kappa shape index (κ3) is 1.15. The lowest BCUT2D eigenvalue weighted by Crippen LogP contribution is -2.67. The third-order valence-corrected chi connectivity index (χ3v) is 7.77. The van der Waals surface area contributed by atoms with Gasteiger partial charge < -0.3 is 9.47 Å². The van der Waals surface area contributed by atoms with E-state index in [0.29, 0.717) is 21.5 Å². The van der Waals surface area contributed by atoms with Crippen molar-refractivity contribution in [2.75, 3.05) is 13.2 Å². The molecular weight excluding hydrogens is 336 g/mol. The largest absolute Gasteiger partial charge is 0.347 e. The standard InChI is InChI=1S/C12H16Br2O2/c13-10-7-3-6-4-8(10)12(15-1-2-16-12)9(5-6)11(7)14/h6-11H,1-5H2/t6?,7?,8-,9+,10-,11+. The molecule has 4 bridgehead atoms. The van der Waals surface area contributed by atoms with Crippen molar-refractivity contribution in [3.63, 3.8) is 0 Å². The van der Waals surface area contributed by atoms with Crippen LogP contribution in [0.5, 0.6) is 0 Å². The Labute approximate surface area is 113 Å². The molecule has 0 radical (unpaired) electrons. The second-order valence-electron chi connectivity index (χ2n) is 5.76. The van der Waals surface area contributed by atoms with Gasteiger partial charge in [0.2, 0.25) is 0 Å². The van der Waals surface area contributed by atoms with Crippen molar-refractivity contribution in [2.45, 2.75) is 34.7 Å². The van der Waals surface area contributed by atoms with E-state index in [1.807, 2.05) is 0 Å². The molecule has 5 aliphatic rings. The number of ether oxygens (including phenoxy) is 2. The molecule has 1 heterocycles. The lowest BCUT2D eigenvalue weighted by Gasteiger charge is -2.62. The van der Waals surface area contributed by atoms with Crippen molar-refractivity contribution < 1.29 is 9.47 Å². The predicted molar refractivity (Wildman–Crippen MR) is 67.9 cm³/mol. The highest BCUT2D eigenvalue weighted by Crippen LogP contribution is 2.64. The summed E-state index contributed by atoms with van der Waals surface area (Å²) >= 11 is 7.83. The summed E-state index contributed by atoms with van der Waals surface area (Å²) in [6.45, 7) is 1.56. The van der Waals surface area contributed by atoms with Crippen LogP contribution >= 0.6 is 31.9 Å². The van der Waals surface area contributed by atoms with Crippen molar-refractivity contribution in [3.05, 3.63) is 0 Å². The molecular formula is C12H16Br2O2. The molecule has 2 nitrogen and oxygen atoms in total. The molecule has 4 heteroatoms. The zero-order valence-electron chi connectivity index (χ0n) is 9.07. The topological polar surface area (TPSA) is 18.5 Å². The highest BCUT2D eigenvalue weighted by atomic mass is 79.9. The van der Waals surface area contributed by atoms with Gasteiger partial charge in [-0.25, -0.2) is 0 Å². The number of hydrogen-bond donors (Lipinski definition) is 0. The number of halogens is 2. The van der Waals surface area contributed by atoms with Gasteiger partial charge in [0.05, 0.1) is 13.2 Å². The molecule has 0 aromatic heterocycles. The van der Waals surface area contributed by atoms with Gasteiger partial charge in [-0.3, -0.25) is 0 Å². The summed E-state index contributed by atoms with van der Waals surface area (Å²) in [5, 5.41) is 0. The molecule has 0 N–H and O–H groups in total. The van der Waals surface area contributed by atoms with Gasteiger partial charge in [0.15, 0.2) is 5.79 Å². The number of rotatable bonds is 0. The molecule has 0 aromatic rings. The number of alkyl halides is 2. The van der Waals surface area contributed by atoms with Crippen LogP contribution in [0, 0.1) is 23.7 Å². The summed E-state index contributed by atoms with van der Waals surface area (Å²) in [4.78, 5) is 1.14. The molecule has 0 amide bonds. The Bertz CT molecular complexity index is 294. The van der Waals surface area contributed by atoms with Crippen LogP contribution in [0.2, 0.25) is 0 Å². The molecule has 4 aliphatic carbocycles. The fourth-order valence-electron chi connectivity index (χ4n) is 4.60. The maximum Gasteiger partial charge on any atom is 0.176 e. The monoisotopic (exact) mass is 350 g/mol. The Morgan fingerprint density at radius 2 is 1.44 bits per heavy atom. The molecule has 16 heavy (non-hydrogen) atoms. The molecule has 1 saturated heterocycles. The first-order chi connectivity index (χ1) is 7.72. The summed E-state index contributed by atoms with van der Waals surface area (Å²) in [5.41, 5.74) is 0. The maximum atomic E-state index is 6.08. The molecule has 0 aromatic carbocycles. The third-order valence-electron chi connectivity index (χ3n) is 5.14. The van der Waals surface area contributed by atoms with E-state index in [4.69, 9.17) is 9.47 Å². The average molecular weight is 352 g/mol. The van der Waals surface area contributed by atoms with Gasteiger partial charge in [0, 0.05) is 21.5 Å². The number of hydrogen-bond acceptors (Lipinski definition) is 2. The van der Waals surface area contributed by atoms with Crippen LogP contribution in [-0.4, -0.2) is 28.7 Å². The minimum Gasteiger partial charge on any atom is -0.347 e. The molecule has 1 aliphatic heterocycles. The van der Waals surface area contributed by atoms with Crippen molar-refractivity contribution in [2.24, 2.45) is 23.7 Å². The van der Waals surface area contributed by atoms with Crippen LogP contribution in [0.4, 0.5) is 0 Å². The van der Waals surface area contributed by atoms with Crippen LogP contribution in [0.3, 0.4) is 0 Å². The summed E-state index contributed by atoms with van der Waals surface area (Å²) < 4.78 is 12.2. The quantitative estimate of drug-likeness (QED) is 0.625. The van der Waals surface area contributed by atoms with Crippen molar-refractivity contribution in [3.8, 4) is 0 Å². The fraction of sp³-hybridized carbons (Fsp3) is 1.00. The first-order valence-electron chi connectivity index (χ1n) is 6.28. The van der Waals surface area contributed by atoms with Crippen LogP contribution in [0.15, 0.2) is 0 Å². The Balaban J connectivity index is 1.79. The van der Waals surface area contributed by atoms with E-state index in [9.17, 15) is 0 Å². The minimum absolute atomic E-state index is 0.254. The van der Waals surface area contributed by atoms with E-state index >= 15 is 0 Å². The van der Waals surface area contributed by atoms with Crippen molar-refractivity contribution in [1.82, 2.24) is 0 Å². The van der Waals surface area contributed by atoms with Crippen LogP contribution < -0.4 is 0 Å². The summed E-state index contributed by atoms with van der Waals surface area (Å²) in [6.07, 6.45) is 3.97. The van der Waals surface area contributed by atoms with Gasteiger partial charge in [0.1, 0.15) is 0 Å². The Morgan fingerprint density at radius 3 is 2.00 bits per heavy atom. The Morgan fingerprint density at radius 1 is 0.875 bits per heavy atom. The van der Waals surface area contributed by atoms with E-state index < -0.39 is 0 Å². The highest BCUT2D eigenvalue weighted by molar-refractivity contribution is 9.10. The van der Waals surface area contributed by atoms with E-state index in [-0.39, 0.29) is 5.79 Å². The molecule has 2 unspecified atom stereocenters. The molecule has 5 rings (SSSR count). The van der Waals surface area contributed by atoms with Crippen LogP contribution in [0.1, 0.15) is 19.3 Å². The lowest BCUT2D eigenvalue weighted by molar-refractivity contribution is -0.281. The van der Waals surface area contributed by atoms with Crippen molar-refractivity contribution >= 4 is 31.9 Å². The van der Waals surface area contributed by atoms with E-state index in [0.717, 1.165) is 25.0 Å². The van der Waals surface area contributed by atoms with Gasteiger partial charge in [-0.2, -0.15) is 0 Å². The first-order valence-corrected chi connectivity index (χ1v) is 8.11. The van der Waals surface area contributed by atoms with Gasteiger partial charge in [-0.15, -0.1) is 0 Å². The zero-order chi connectivity index (χ0) is 10.9. The molecule has 90 valence electrons. The molecule has 5 fully saturated rings. The first kappa shape index (κ1) is 10.8. The molecule has 1 spiro atoms. The van der Waals surface area contributed by atoms with E-state index in [1.54, 1.807) is 0 Å². The minimum atomic E-state index is -0.254. The second kappa shape index (κ2) is 3.46. The summed E-state index contributed by atoms with van der Waals surface area (Å²) in [6, 6.07) is 0. The van der Waals surface area contributed by atoms with Gasteiger partial charge in [-0.1, -0.05) is 31.9 Å². The zero-order valence-corrected chi connectivity index (χ0v) is 12.2. The second-order valence-corrected chi connectivity index (χ2v) is 7.87. The predicted octanol–water partition coefficient (Wildman–Crippen LogP) is 2.93. The lowest BCUT2D eigenvalue weighted by atomic mass is 9.53. The Kier molecular flexibility index (Phi) is 2.33. The van der Waals surface area contributed by atoms with Crippen LogP contribution in [-0.2, 0) is 9.47 Å². The van der Waals surface area contributed by atoms with Crippen LogP contribution in [0.25, 0.3) is 0 Å². The molecule has 6 atom stereocenters. The molecule has 4 saturated carbocycles. The highest BCUT2D eigenvalue weighted by Gasteiger charge is 2.67. The fourth-order valence-corrected chi connectivity index (χ4v) is 7.27. The van der Waals surface area contributed by atoms with E-state index in [1.165, 1.54) is 19.3 Å². The van der Waals surface area contributed by atoms with Gasteiger partial charge >= 0.3 is 0 Å². The SMILES string of the molecule is Br[C@@H]1C2CC3C[C@H]1C1(OCCO1)[C@@H](C3)[C@H]2Br. The normalized spacial score (nSPS) is 57.4. The average Bonchev–Trinajstić information content (AvgIpc) is 2.75.